The molecule has 1 aromatic carbocycles. The second-order valence-electron chi connectivity index (χ2n) is 5.33. The molecule has 94 valence electrons. The molecule has 0 amide bonds. The molecule has 17 heavy (non-hydrogen) atoms. The molecule has 0 radical (unpaired) electrons. The highest BCUT2D eigenvalue weighted by Gasteiger charge is 2.21. The van der Waals surface area contributed by atoms with Gasteiger partial charge >= 0.3 is 0 Å². The third kappa shape index (κ3) is 3.83. The molecule has 1 aromatic rings. The summed E-state index contributed by atoms with van der Waals surface area (Å²) < 4.78 is 0. The Hall–Kier alpha value is -0.860. The zero-order valence-corrected chi connectivity index (χ0v) is 11.0. The number of benzene rings is 1. The quantitative estimate of drug-likeness (QED) is 0.837. The van der Waals surface area contributed by atoms with Gasteiger partial charge in [0.15, 0.2) is 0 Å². The Bertz CT molecular complexity index is 323. The van der Waals surface area contributed by atoms with E-state index in [1.165, 1.54) is 38.0 Å². The number of likely N-dealkylation sites (tertiary alicyclic amines) is 1. The molecule has 1 N–H and O–H groups in total. The van der Waals surface area contributed by atoms with Crippen molar-refractivity contribution in [2.24, 2.45) is 5.92 Å². The molecule has 0 unspecified atom stereocenters. The number of hydrogen-bond acceptors (Lipinski definition) is 2. The zero-order valence-electron chi connectivity index (χ0n) is 11.0. The lowest BCUT2D eigenvalue weighted by Gasteiger charge is -2.20. The first kappa shape index (κ1) is 12.6. The minimum absolute atomic E-state index is 0.707. The van der Waals surface area contributed by atoms with Gasteiger partial charge in [-0.25, -0.2) is 0 Å². The van der Waals surface area contributed by atoms with Gasteiger partial charge in [0.1, 0.15) is 0 Å². The number of nitrogens with one attached hydrogen (secondary N) is 1. The molecule has 1 aliphatic heterocycles. The van der Waals surface area contributed by atoms with E-state index in [1.54, 1.807) is 0 Å². The van der Waals surface area contributed by atoms with Gasteiger partial charge in [0.25, 0.3) is 0 Å². The van der Waals surface area contributed by atoms with E-state index in [0.29, 0.717) is 6.04 Å². The zero-order chi connectivity index (χ0) is 12.1. The first-order valence-electron chi connectivity index (χ1n) is 6.71. The molecular weight excluding hydrogens is 208 g/mol. The number of rotatable bonds is 5. The van der Waals surface area contributed by atoms with E-state index in [1.807, 2.05) is 0 Å². The Balaban J connectivity index is 1.76. The first-order chi connectivity index (χ1) is 8.28. The second kappa shape index (κ2) is 6.18. The smallest absolute Gasteiger partial charge is 0.0204 e. The Morgan fingerprint density at radius 1 is 1.35 bits per heavy atom. The van der Waals surface area contributed by atoms with Crippen LogP contribution in [0.15, 0.2) is 30.3 Å². The molecule has 0 bridgehead atoms. The van der Waals surface area contributed by atoms with Crippen LogP contribution in [0.2, 0.25) is 0 Å². The molecule has 2 atom stereocenters. The van der Waals surface area contributed by atoms with Crippen molar-refractivity contribution in [3.05, 3.63) is 35.9 Å². The van der Waals surface area contributed by atoms with Gasteiger partial charge in [-0.15, -0.1) is 0 Å². The minimum Gasteiger partial charge on any atom is -0.316 e. The van der Waals surface area contributed by atoms with Gasteiger partial charge in [0, 0.05) is 19.1 Å². The summed E-state index contributed by atoms with van der Waals surface area (Å²) in [7, 11) is 2.07. The SMILES string of the molecule is CN[C@@H]1CCN(C[C@@H](C)Cc2ccccc2)C1. The van der Waals surface area contributed by atoms with Crippen LogP contribution in [0.3, 0.4) is 0 Å². The van der Waals surface area contributed by atoms with Crippen molar-refractivity contribution in [2.75, 3.05) is 26.7 Å². The summed E-state index contributed by atoms with van der Waals surface area (Å²) in [6, 6.07) is 11.5. The van der Waals surface area contributed by atoms with Gasteiger partial charge < -0.3 is 10.2 Å². The number of hydrogen-bond donors (Lipinski definition) is 1. The standard InChI is InChI=1S/C15H24N2/c1-13(10-14-6-4-3-5-7-14)11-17-9-8-15(12-17)16-2/h3-7,13,15-16H,8-12H2,1-2H3/t13-,15+/m0/s1. The van der Waals surface area contributed by atoms with Gasteiger partial charge in [-0.2, -0.15) is 0 Å². The predicted molar refractivity (Wildman–Crippen MR) is 73.2 cm³/mol. The third-order valence-corrected chi connectivity index (χ3v) is 3.68. The van der Waals surface area contributed by atoms with Crippen molar-refractivity contribution < 1.29 is 0 Å². The van der Waals surface area contributed by atoms with Crippen LogP contribution in [0, 0.1) is 5.92 Å². The summed E-state index contributed by atoms with van der Waals surface area (Å²) in [5.41, 5.74) is 1.46. The predicted octanol–water partition coefficient (Wildman–Crippen LogP) is 2.16. The lowest BCUT2D eigenvalue weighted by Crippen LogP contribution is -2.32. The first-order valence-corrected chi connectivity index (χ1v) is 6.71. The van der Waals surface area contributed by atoms with Gasteiger partial charge in [-0.3, -0.25) is 0 Å². The van der Waals surface area contributed by atoms with Crippen LogP contribution in [-0.2, 0) is 6.42 Å². The Morgan fingerprint density at radius 3 is 2.76 bits per heavy atom. The number of likely N-dealkylation sites (N-methyl/N-ethyl adjacent to an activating group) is 1. The van der Waals surface area contributed by atoms with E-state index >= 15 is 0 Å². The number of nitrogens with zero attached hydrogens (tertiary/aromatic N) is 1. The maximum atomic E-state index is 3.38. The third-order valence-electron chi connectivity index (χ3n) is 3.68. The van der Waals surface area contributed by atoms with E-state index in [0.717, 1.165) is 5.92 Å². The molecule has 0 saturated carbocycles. The van der Waals surface area contributed by atoms with Gasteiger partial charge in [0.05, 0.1) is 0 Å². The van der Waals surface area contributed by atoms with Crippen molar-refractivity contribution in [3.63, 3.8) is 0 Å². The van der Waals surface area contributed by atoms with Crippen LogP contribution in [-0.4, -0.2) is 37.6 Å². The van der Waals surface area contributed by atoms with E-state index in [-0.39, 0.29) is 0 Å². The average molecular weight is 232 g/mol. The van der Waals surface area contributed by atoms with Crippen molar-refractivity contribution in [1.29, 1.82) is 0 Å². The lowest BCUT2D eigenvalue weighted by molar-refractivity contribution is 0.281. The largest absolute Gasteiger partial charge is 0.316 e. The Morgan fingerprint density at radius 2 is 2.12 bits per heavy atom. The molecule has 0 aromatic heterocycles. The van der Waals surface area contributed by atoms with Crippen LogP contribution in [0.1, 0.15) is 18.9 Å². The van der Waals surface area contributed by atoms with E-state index in [2.05, 4.69) is 54.5 Å². The van der Waals surface area contributed by atoms with Crippen LogP contribution >= 0.6 is 0 Å². The molecule has 2 nitrogen and oxygen atoms in total. The minimum atomic E-state index is 0.707. The summed E-state index contributed by atoms with van der Waals surface area (Å²) in [5.74, 6) is 0.744. The topological polar surface area (TPSA) is 15.3 Å². The molecule has 1 saturated heterocycles. The molecule has 1 heterocycles. The van der Waals surface area contributed by atoms with Crippen LogP contribution < -0.4 is 5.32 Å². The normalized spacial score (nSPS) is 22.8. The van der Waals surface area contributed by atoms with Crippen LogP contribution in [0.5, 0.6) is 0 Å². The average Bonchev–Trinajstić information content (AvgIpc) is 2.78. The van der Waals surface area contributed by atoms with Crippen molar-refractivity contribution >= 4 is 0 Å². The molecule has 1 aliphatic rings. The molecule has 0 aliphatic carbocycles. The summed E-state index contributed by atoms with van der Waals surface area (Å²) in [5, 5.41) is 3.38. The molecule has 0 spiro atoms. The fourth-order valence-electron chi connectivity index (χ4n) is 2.76. The van der Waals surface area contributed by atoms with Gasteiger partial charge in [-0.05, 0) is 37.9 Å². The highest BCUT2D eigenvalue weighted by atomic mass is 15.2. The van der Waals surface area contributed by atoms with Gasteiger partial charge in [-0.1, -0.05) is 37.3 Å². The maximum absolute atomic E-state index is 3.38. The summed E-state index contributed by atoms with van der Waals surface area (Å²) in [4.78, 5) is 2.59. The van der Waals surface area contributed by atoms with Crippen molar-refractivity contribution in [2.45, 2.75) is 25.8 Å². The molecule has 1 fully saturated rings. The van der Waals surface area contributed by atoms with Crippen molar-refractivity contribution in [3.8, 4) is 0 Å². The van der Waals surface area contributed by atoms with Crippen LogP contribution in [0.4, 0.5) is 0 Å². The fourth-order valence-corrected chi connectivity index (χ4v) is 2.76. The second-order valence-corrected chi connectivity index (χ2v) is 5.33. The summed E-state index contributed by atoms with van der Waals surface area (Å²) in [6.45, 7) is 6.06. The lowest BCUT2D eigenvalue weighted by atomic mass is 10.0. The van der Waals surface area contributed by atoms with E-state index < -0.39 is 0 Å². The van der Waals surface area contributed by atoms with E-state index in [4.69, 9.17) is 0 Å². The molecular formula is C15H24N2. The molecule has 2 heteroatoms. The van der Waals surface area contributed by atoms with Crippen LogP contribution in [0.25, 0.3) is 0 Å². The highest BCUT2D eigenvalue weighted by molar-refractivity contribution is 5.15. The fraction of sp³-hybridized carbons (Fsp3) is 0.600. The van der Waals surface area contributed by atoms with Crippen molar-refractivity contribution in [1.82, 2.24) is 10.2 Å². The summed E-state index contributed by atoms with van der Waals surface area (Å²) >= 11 is 0. The van der Waals surface area contributed by atoms with E-state index in [9.17, 15) is 0 Å². The maximum Gasteiger partial charge on any atom is 0.0204 e. The Labute approximate surface area is 105 Å². The highest BCUT2D eigenvalue weighted by Crippen LogP contribution is 2.14. The molecule has 2 rings (SSSR count). The van der Waals surface area contributed by atoms with Gasteiger partial charge in [0.2, 0.25) is 0 Å². The summed E-state index contributed by atoms with van der Waals surface area (Å²) in [6.07, 6.45) is 2.50. The Kier molecular flexibility index (Phi) is 4.57. The monoisotopic (exact) mass is 232 g/mol.